The van der Waals surface area contributed by atoms with Crippen LogP contribution in [0, 0.1) is 13.8 Å². The maximum atomic E-state index is 12.8. The lowest BCUT2D eigenvalue weighted by molar-refractivity contribution is 0.450. The number of nitrogens with two attached hydrogens (primary N) is 1. The van der Waals surface area contributed by atoms with Crippen LogP contribution in [0.2, 0.25) is 0 Å². The van der Waals surface area contributed by atoms with Crippen molar-refractivity contribution in [3.05, 3.63) is 69.9 Å². The number of hydrogen-bond donors (Lipinski definition) is 5. The molecule has 0 saturated heterocycles. The molecule has 0 radical (unpaired) electrons. The van der Waals surface area contributed by atoms with Crippen LogP contribution >= 0.6 is 0 Å². The van der Waals surface area contributed by atoms with Crippen molar-refractivity contribution in [1.29, 1.82) is 0 Å². The largest absolute Gasteiger partial charge is 0.508 e. The van der Waals surface area contributed by atoms with Gasteiger partial charge >= 0.3 is 0 Å². The minimum absolute atomic E-state index is 0.0639. The monoisotopic (exact) mass is 456 g/mol. The van der Waals surface area contributed by atoms with Crippen LogP contribution in [-0.2, 0) is 0 Å². The number of aromatic hydroxyl groups is 4. The van der Waals surface area contributed by atoms with E-state index in [9.17, 15) is 25.2 Å². The first-order valence-electron chi connectivity index (χ1n) is 10.4. The van der Waals surface area contributed by atoms with Gasteiger partial charge < -0.3 is 30.6 Å². The van der Waals surface area contributed by atoms with E-state index in [-0.39, 0.29) is 39.8 Å². The molecule has 2 aliphatic rings. The van der Waals surface area contributed by atoms with Gasteiger partial charge in [-0.05, 0) is 49.2 Å². The molecule has 3 aromatic rings. The van der Waals surface area contributed by atoms with Crippen LogP contribution in [0.5, 0.6) is 23.0 Å². The Bertz CT molecular complexity index is 1610. The number of phenols is 4. The Kier molecular flexibility index (Phi) is 4.61. The van der Waals surface area contributed by atoms with E-state index < -0.39 is 0 Å². The Morgan fingerprint density at radius 1 is 0.765 bits per heavy atom. The predicted octanol–water partition coefficient (Wildman–Crippen LogP) is 4.65. The van der Waals surface area contributed by atoms with Crippen LogP contribution in [0.4, 0.5) is 5.69 Å². The lowest BCUT2D eigenvalue weighted by atomic mass is 9.96. The van der Waals surface area contributed by atoms with Crippen LogP contribution in [0.1, 0.15) is 11.1 Å². The molecule has 0 unspecified atom stereocenters. The number of aromatic nitrogens is 1. The van der Waals surface area contributed by atoms with Gasteiger partial charge in [-0.25, -0.2) is 4.98 Å². The maximum Gasteiger partial charge on any atom is 0.190 e. The van der Waals surface area contributed by atoms with E-state index in [1.807, 2.05) is 0 Å². The summed E-state index contributed by atoms with van der Waals surface area (Å²) in [6, 6.07) is 11.4. The highest BCUT2D eigenvalue weighted by molar-refractivity contribution is 5.93. The number of nitrogen functional groups attached to an aromatic ring is 1. The zero-order valence-corrected chi connectivity index (χ0v) is 18.2. The first kappa shape index (κ1) is 21.1. The van der Waals surface area contributed by atoms with Crippen LogP contribution in [0.15, 0.2) is 57.7 Å². The van der Waals surface area contributed by atoms with Crippen molar-refractivity contribution in [2.45, 2.75) is 13.8 Å². The fourth-order valence-corrected chi connectivity index (χ4v) is 4.33. The van der Waals surface area contributed by atoms with Crippen molar-refractivity contribution in [2.24, 2.45) is 0 Å². The Labute approximate surface area is 193 Å². The van der Waals surface area contributed by atoms with E-state index >= 15 is 0 Å². The summed E-state index contributed by atoms with van der Waals surface area (Å²) in [4.78, 5) is 17.5. The highest BCUT2D eigenvalue weighted by Gasteiger charge is 2.20. The van der Waals surface area contributed by atoms with Crippen LogP contribution < -0.4 is 11.2 Å². The Hall–Kier alpha value is -4.72. The third-order valence-electron chi connectivity index (χ3n) is 5.79. The van der Waals surface area contributed by atoms with Gasteiger partial charge in [-0.1, -0.05) is 0 Å². The molecule has 1 aliphatic heterocycles. The van der Waals surface area contributed by atoms with Crippen molar-refractivity contribution < 1.29 is 24.8 Å². The number of nitrogens with zero attached hydrogens (tertiary/aromatic N) is 1. The molecule has 1 aliphatic carbocycles. The lowest BCUT2D eigenvalue weighted by Crippen LogP contribution is -2.07. The molecule has 3 aromatic carbocycles. The summed E-state index contributed by atoms with van der Waals surface area (Å²) in [7, 11) is 0. The average Bonchev–Trinajstić information content (AvgIpc) is 2.72. The molecule has 0 saturated carbocycles. The van der Waals surface area contributed by atoms with Crippen molar-refractivity contribution in [2.75, 3.05) is 5.73 Å². The molecule has 0 atom stereocenters. The van der Waals surface area contributed by atoms with E-state index in [0.29, 0.717) is 50.3 Å². The second-order valence-corrected chi connectivity index (χ2v) is 8.25. The van der Waals surface area contributed by atoms with Gasteiger partial charge in [0, 0.05) is 52.2 Å². The molecule has 0 bridgehead atoms. The number of phenolic OH excluding ortho intramolecular Hbond substituents is 4. The van der Waals surface area contributed by atoms with Gasteiger partial charge in [-0.15, -0.1) is 0 Å². The first-order valence-corrected chi connectivity index (χ1v) is 10.4. The summed E-state index contributed by atoms with van der Waals surface area (Å²) in [6.07, 6.45) is 0. The molecule has 8 nitrogen and oxygen atoms in total. The second kappa shape index (κ2) is 7.41. The number of fused-ring (bicyclic) bond motifs is 2. The number of benzene rings is 4. The molecule has 5 rings (SSSR count). The molecule has 8 heteroatoms. The van der Waals surface area contributed by atoms with E-state index in [1.54, 1.807) is 26.0 Å². The molecule has 0 fully saturated rings. The minimum atomic E-state index is -0.379. The molecular weight excluding hydrogens is 436 g/mol. The van der Waals surface area contributed by atoms with Crippen LogP contribution in [-0.4, -0.2) is 25.4 Å². The molecule has 0 spiro atoms. The Morgan fingerprint density at radius 3 is 1.94 bits per heavy atom. The zero-order valence-electron chi connectivity index (χ0n) is 18.2. The third kappa shape index (κ3) is 3.32. The second-order valence-electron chi connectivity index (χ2n) is 8.25. The fourth-order valence-electron chi connectivity index (χ4n) is 4.33. The van der Waals surface area contributed by atoms with Gasteiger partial charge in [0.05, 0.1) is 0 Å². The number of anilines is 1. The maximum absolute atomic E-state index is 12.8. The first-order chi connectivity index (χ1) is 16.1. The number of aryl methyl sites for hydroxylation is 2. The molecule has 170 valence electrons. The highest BCUT2D eigenvalue weighted by Crippen LogP contribution is 2.41. The highest BCUT2D eigenvalue weighted by atomic mass is 16.3. The smallest absolute Gasteiger partial charge is 0.190 e. The SMILES string of the molecule is Cc1cc(O)cc(O)c1-c1cc2nc3cc(-c4c(C)cc(O)cc4O)c(=O)cc-3oc2cc1N. The summed E-state index contributed by atoms with van der Waals surface area (Å²) in [5, 5.41) is 40.2. The van der Waals surface area contributed by atoms with Gasteiger partial charge in [-0.3, -0.25) is 4.79 Å². The minimum Gasteiger partial charge on any atom is -0.508 e. The van der Waals surface area contributed by atoms with Crippen LogP contribution in [0.25, 0.3) is 44.8 Å². The van der Waals surface area contributed by atoms with Crippen molar-refractivity contribution in [1.82, 2.24) is 4.98 Å². The normalized spacial score (nSPS) is 11.4. The van der Waals surface area contributed by atoms with Gasteiger partial charge in [0.15, 0.2) is 16.8 Å². The van der Waals surface area contributed by atoms with Crippen molar-refractivity contribution in [3.63, 3.8) is 0 Å². The van der Waals surface area contributed by atoms with Gasteiger partial charge in [-0.2, -0.15) is 0 Å². The van der Waals surface area contributed by atoms with Gasteiger partial charge in [0.25, 0.3) is 0 Å². The summed E-state index contributed by atoms with van der Waals surface area (Å²) in [5.41, 5.74) is 9.97. The van der Waals surface area contributed by atoms with Crippen molar-refractivity contribution >= 4 is 16.8 Å². The van der Waals surface area contributed by atoms with E-state index in [1.165, 1.54) is 36.4 Å². The van der Waals surface area contributed by atoms with E-state index in [4.69, 9.17) is 10.2 Å². The summed E-state index contributed by atoms with van der Waals surface area (Å²) < 4.78 is 5.90. The summed E-state index contributed by atoms with van der Waals surface area (Å²) in [5.74, 6) is -0.277. The molecule has 0 amide bonds. The standard InChI is InChI=1S/C26H20N2O6/c1-11-3-13(29)5-21(32)25(11)15-7-18-23(9-17(15)27)34-24-10-20(31)16(8-19(24)28-18)26-12(2)4-14(30)6-22(26)33/h3-10,29-30,32-33H,27H2,1-2H3. The van der Waals surface area contributed by atoms with E-state index in [2.05, 4.69) is 4.98 Å². The Morgan fingerprint density at radius 2 is 1.35 bits per heavy atom. The average molecular weight is 456 g/mol. The number of rotatable bonds is 2. The molecule has 6 N–H and O–H groups in total. The van der Waals surface area contributed by atoms with Crippen molar-refractivity contribution in [3.8, 4) is 56.7 Å². The van der Waals surface area contributed by atoms with Gasteiger partial charge in [0.1, 0.15) is 34.2 Å². The molecule has 1 heterocycles. The van der Waals surface area contributed by atoms with E-state index in [0.717, 1.165) is 0 Å². The fraction of sp³-hybridized carbons (Fsp3) is 0.0769. The Balaban J connectivity index is 1.76. The molecule has 0 aromatic heterocycles. The third-order valence-corrected chi connectivity index (χ3v) is 5.79. The molecular formula is C26H20N2O6. The quantitative estimate of drug-likeness (QED) is 0.190. The predicted molar refractivity (Wildman–Crippen MR) is 128 cm³/mol. The lowest BCUT2D eigenvalue weighted by Gasteiger charge is -2.15. The van der Waals surface area contributed by atoms with Crippen LogP contribution in [0.3, 0.4) is 0 Å². The summed E-state index contributed by atoms with van der Waals surface area (Å²) >= 11 is 0. The topological polar surface area (TPSA) is 150 Å². The van der Waals surface area contributed by atoms with Gasteiger partial charge in [0.2, 0.25) is 0 Å². The zero-order chi connectivity index (χ0) is 24.3. The summed E-state index contributed by atoms with van der Waals surface area (Å²) in [6.45, 7) is 3.42. The molecule has 34 heavy (non-hydrogen) atoms. The number of hydrogen-bond acceptors (Lipinski definition) is 8.